The first kappa shape index (κ1) is 10.6. The first-order chi connectivity index (χ1) is 6.15. The lowest BCUT2D eigenvalue weighted by Crippen LogP contribution is -2.05. The molecule has 72 valence electrons. The average Bonchev–Trinajstić information content (AvgIpc) is 2.04. The molecule has 0 aromatic heterocycles. The maximum Gasteiger partial charge on any atom is 0.0408 e. The van der Waals surface area contributed by atoms with Crippen LogP contribution in [0.15, 0.2) is 18.2 Å². The fourth-order valence-electron chi connectivity index (χ4n) is 1.60. The van der Waals surface area contributed by atoms with Gasteiger partial charge in [-0.3, -0.25) is 0 Å². The summed E-state index contributed by atoms with van der Waals surface area (Å²) < 4.78 is 0. The van der Waals surface area contributed by atoms with Crippen molar-refractivity contribution in [1.29, 1.82) is 0 Å². The van der Waals surface area contributed by atoms with Crippen LogP contribution in [-0.4, -0.2) is 6.54 Å². The van der Waals surface area contributed by atoms with Crippen molar-refractivity contribution in [3.63, 3.8) is 0 Å². The standard InChI is InChI=1S/C11H16ClN/c1-8(5-6-13)11-4-3-10(12)7-9(11)2/h3-4,7-8H,5-6,13H2,1-2H3. The Labute approximate surface area is 84.9 Å². The highest BCUT2D eigenvalue weighted by atomic mass is 35.5. The minimum atomic E-state index is 0.530. The summed E-state index contributed by atoms with van der Waals surface area (Å²) >= 11 is 5.87. The van der Waals surface area contributed by atoms with Crippen molar-refractivity contribution >= 4 is 11.6 Å². The molecule has 0 amide bonds. The second kappa shape index (κ2) is 4.64. The molecule has 2 N–H and O–H groups in total. The number of benzene rings is 1. The maximum absolute atomic E-state index is 5.87. The summed E-state index contributed by atoms with van der Waals surface area (Å²) in [7, 11) is 0. The molecule has 0 saturated carbocycles. The monoisotopic (exact) mass is 197 g/mol. The van der Waals surface area contributed by atoms with Gasteiger partial charge in [0.1, 0.15) is 0 Å². The molecule has 1 nitrogen and oxygen atoms in total. The number of nitrogens with two attached hydrogens (primary N) is 1. The number of rotatable bonds is 3. The second-order valence-corrected chi connectivity index (χ2v) is 3.92. The van der Waals surface area contributed by atoms with Crippen LogP contribution in [0.5, 0.6) is 0 Å². The van der Waals surface area contributed by atoms with Crippen molar-refractivity contribution in [1.82, 2.24) is 0 Å². The van der Waals surface area contributed by atoms with E-state index in [4.69, 9.17) is 17.3 Å². The Balaban J connectivity index is 2.88. The highest BCUT2D eigenvalue weighted by Crippen LogP contribution is 2.24. The maximum atomic E-state index is 5.87. The van der Waals surface area contributed by atoms with Crippen LogP contribution in [0.4, 0.5) is 0 Å². The van der Waals surface area contributed by atoms with E-state index in [2.05, 4.69) is 19.9 Å². The summed E-state index contributed by atoms with van der Waals surface area (Å²) in [6.45, 7) is 5.03. The van der Waals surface area contributed by atoms with Crippen LogP contribution in [0.25, 0.3) is 0 Å². The van der Waals surface area contributed by atoms with Crippen LogP contribution in [-0.2, 0) is 0 Å². The lowest BCUT2D eigenvalue weighted by molar-refractivity contribution is 0.686. The van der Waals surface area contributed by atoms with Gasteiger partial charge in [0.15, 0.2) is 0 Å². The third kappa shape index (κ3) is 2.71. The molecule has 1 rings (SSSR count). The van der Waals surface area contributed by atoms with Gasteiger partial charge in [0.25, 0.3) is 0 Å². The summed E-state index contributed by atoms with van der Waals surface area (Å²) in [4.78, 5) is 0. The zero-order valence-electron chi connectivity index (χ0n) is 8.18. The van der Waals surface area contributed by atoms with E-state index >= 15 is 0 Å². The summed E-state index contributed by atoms with van der Waals surface area (Å²) in [5.74, 6) is 0.530. The zero-order valence-corrected chi connectivity index (χ0v) is 8.93. The van der Waals surface area contributed by atoms with Gasteiger partial charge in [-0.15, -0.1) is 0 Å². The van der Waals surface area contributed by atoms with Crippen LogP contribution < -0.4 is 5.73 Å². The van der Waals surface area contributed by atoms with E-state index in [0.717, 1.165) is 18.0 Å². The summed E-state index contributed by atoms with van der Waals surface area (Å²) in [6.07, 6.45) is 1.03. The van der Waals surface area contributed by atoms with E-state index in [9.17, 15) is 0 Å². The third-order valence-electron chi connectivity index (χ3n) is 2.36. The van der Waals surface area contributed by atoms with Gasteiger partial charge in [0.2, 0.25) is 0 Å². The molecule has 13 heavy (non-hydrogen) atoms. The van der Waals surface area contributed by atoms with E-state index in [0.29, 0.717) is 5.92 Å². The van der Waals surface area contributed by atoms with Crippen LogP contribution in [0.2, 0.25) is 5.02 Å². The Morgan fingerprint density at radius 3 is 2.69 bits per heavy atom. The Morgan fingerprint density at radius 2 is 2.15 bits per heavy atom. The topological polar surface area (TPSA) is 26.0 Å². The van der Waals surface area contributed by atoms with E-state index in [1.807, 2.05) is 12.1 Å². The van der Waals surface area contributed by atoms with E-state index in [-0.39, 0.29) is 0 Å². The van der Waals surface area contributed by atoms with Crippen LogP contribution in [0.1, 0.15) is 30.4 Å². The zero-order chi connectivity index (χ0) is 9.84. The lowest BCUT2D eigenvalue weighted by Gasteiger charge is -2.13. The molecular weight excluding hydrogens is 182 g/mol. The van der Waals surface area contributed by atoms with Gasteiger partial charge >= 0.3 is 0 Å². The van der Waals surface area contributed by atoms with Gasteiger partial charge in [-0.1, -0.05) is 24.6 Å². The highest BCUT2D eigenvalue weighted by molar-refractivity contribution is 6.30. The summed E-state index contributed by atoms with van der Waals surface area (Å²) in [5.41, 5.74) is 8.13. The minimum Gasteiger partial charge on any atom is -0.330 e. The lowest BCUT2D eigenvalue weighted by atomic mass is 9.94. The van der Waals surface area contributed by atoms with Gasteiger partial charge in [-0.05, 0) is 49.1 Å². The van der Waals surface area contributed by atoms with Gasteiger partial charge in [0, 0.05) is 5.02 Å². The van der Waals surface area contributed by atoms with Crippen molar-refractivity contribution in [2.24, 2.45) is 5.73 Å². The van der Waals surface area contributed by atoms with Crippen LogP contribution in [0.3, 0.4) is 0 Å². The van der Waals surface area contributed by atoms with Crippen molar-refractivity contribution in [3.05, 3.63) is 34.3 Å². The van der Waals surface area contributed by atoms with Gasteiger partial charge < -0.3 is 5.73 Å². The first-order valence-corrected chi connectivity index (χ1v) is 4.99. The van der Waals surface area contributed by atoms with Gasteiger partial charge in [-0.25, -0.2) is 0 Å². The van der Waals surface area contributed by atoms with E-state index < -0.39 is 0 Å². The van der Waals surface area contributed by atoms with Crippen molar-refractivity contribution in [2.75, 3.05) is 6.54 Å². The van der Waals surface area contributed by atoms with Crippen LogP contribution >= 0.6 is 11.6 Å². The molecular formula is C11H16ClN. The third-order valence-corrected chi connectivity index (χ3v) is 2.60. The summed E-state index contributed by atoms with van der Waals surface area (Å²) in [6, 6.07) is 6.04. The average molecular weight is 198 g/mol. The summed E-state index contributed by atoms with van der Waals surface area (Å²) in [5, 5.41) is 0.807. The largest absolute Gasteiger partial charge is 0.330 e. The van der Waals surface area contributed by atoms with E-state index in [1.54, 1.807) is 0 Å². The molecule has 0 aliphatic rings. The van der Waals surface area contributed by atoms with Crippen molar-refractivity contribution < 1.29 is 0 Å². The quantitative estimate of drug-likeness (QED) is 0.792. The van der Waals surface area contributed by atoms with E-state index in [1.165, 1.54) is 11.1 Å². The highest BCUT2D eigenvalue weighted by Gasteiger charge is 2.07. The minimum absolute atomic E-state index is 0.530. The molecule has 1 unspecified atom stereocenters. The molecule has 0 radical (unpaired) electrons. The molecule has 0 bridgehead atoms. The smallest absolute Gasteiger partial charge is 0.0408 e. The number of aryl methyl sites for hydroxylation is 1. The first-order valence-electron chi connectivity index (χ1n) is 4.61. The van der Waals surface area contributed by atoms with Crippen molar-refractivity contribution in [3.8, 4) is 0 Å². The predicted octanol–water partition coefficient (Wildman–Crippen LogP) is 3.10. The molecule has 0 fully saturated rings. The molecule has 0 aliphatic carbocycles. The normalized spacial score (nSPS) is 12.9. The Kier molecular flexibility index (Phi) is 3.76. The van der Waals surface area contributed by atoms with Crippen LogP contribution in [0, 0.1) is 6.92 Å². The van der Waals surface area contributed by atoms with Gasteiger partial charge in [-0.2, -0.15) is 0 Å². The molecule has 1 aromatic carbocycles. The molecule has 0 heterocycles. The number of hydrogen-bond acceptors (Lipinski definition) is 1. The Morgan fingerprint density at radius 1 is 1.46 bits per heavy atom. The molecule has 0 saturated heterocycles. The fourth-order valence-corrected chi connectivity index (χ4v) is 1.82. The molecule has 1 atom stereocenters. The second-order valence-electron chi connectivity index (χ2n) is 3.48. The van der Waals surface area contributed by atoms with Crippen molar-refractivity contribution in [2.45, 2.75) is 26.2 Å². The molecule has 1 aromatic rings. The molecule has 0 aliphatic heterocycles. The SMILES string of the molecule is Cc1cc(Cl)ccc1C(C)CCN. The number of hydrogen-bond donors (Lipinski definition) is 1. The molecule has 0 spiro atoms. The molecule has 2 heteroatoms. The number of halogens is 1. The predicted molar refractivity (Wildman–Crippen MR) is 58.3 cm³/mol. The Hall–Kier alpha value is -0.530. The van der Waals surface area contributed by atoms with Gasteiger partial charge in [0.05, 0.1) is 0 Å². The fraction of sp³-hybridized carbons (Fsp3) is 0.455. The Bertz CT molecular complexity index is 283.